The van der Waals surface area contributed by atoms with Crippen molar-refractivity contribution in [3.05, 3.63) is 130 Å². The van der Waals surface area contributed by atoms with Crippen LogP contribution in [0.15, 0.2) is 85.2 Å². The maximum atomic E-state index is 4.44. The lowest BCUT2D eigenvalue weighted by molar-refractivity contribution is 0.998. The highest BCUT2D eigenvalue weighted by Gasteiger charge is 2.33. The van der Waals surface area contributed by atoms with Crippen LogP contribution < -0.4 is 4.90 Å². The normalized spacial score (nSPS) is 14.9. The minimum Gasteiger partial charge on any atom is -0.309 e. The first-order chi connectivity index (χ1) is 17.3. The Morgan fingerprint density at radius 2 is 1.17 bits per heavy atom. The summed E-state index contributed by atoms with van der Waals surface area (Å²) in [5.41, 5.74) is 21.2. The minimum atomic E-state index is 0.960. The Hall–Kier alpha value is -4.17. The van der Waals surface area contributed by atoms with E-state index in [-0.39, 0.29) is 0 Å². The Labute approximate surface area is 204 Å². The number of hydrogen-bond donors (Lipinski definition) is 0. The van der Waals surface area contributed by atoms with Crippen molar-refractivity contribution in [2.75, 3.05) is 4.90 Å². The molecule has 3 heterocycles. The molecule has 2 nitrogen and oxygen atoms in total. The van der Waals surface area contributed by atoms with Crippen molar-refractivity contribution in [1.82, 2.24) is 4.98 Å². The van der Waals surface area contributed by atoms with Crippen LogP contribution in [0.5, 0.6) is 0 Å². The Bertz CT molecular complexity index is 1760. The van der Waals surface area contributed by atoms with Crippen molar-refractivity contribution < 1.29 is 0 Å². The number of rotatable bonds is 0. The number of para-hydroxylation sites is 1. The Balaban J connectivity index is 1.25. The van der Waals surface area contributed by atoms with Crippen molar-refractivity contribution in [3.63, 3.8) is 0 Å². The van der Waals surface area contributed by atoms with E-state index in [9.17, 15) is 0 Å². The van der Waals surface area contributed by atoms with Gasteiger partial charge in [-0.25, -0.2) is 0 Å². The molecule has 0 amide bonds. The quantitative estimate of drug-likeness (QED) is 0.240. The van der Waals surface area contributed by atoms with Crippen LogP contribution in [0.1, 0.15) is 44.5 Å². The largest absolute Gasteiger partial charge is 0.309 e. The lowest BCUT2D eigenvalue weighted by atomic mass is 9.85. The number of benzene rings is 4. The first-order valence-corrected chi connectivity index (χ1v) is 12.6. The fourth-order valence-electron chi connectivity index (χ4n) is 7.03. The van der Waals surface area contributed by atoms with E-state index >= 15 is 0 Å². The molecule has 4 aliphatic rings. The van der Waals surface area contributed by atoms with Crippen LogP contribution >= 0.6 is 0 Å². The third-order valence-electron chi connectivity index (χ3n) is 8.54. The van der Waals surface area contributed by atoms with Crippen LogP contribution in [0.4, 0.5) is 17.1 Å². The molecule has 0 N–H and O–H groups in total. The van der Waals surface area contributed by atoms with Crippen LogP contribution in [-0.2, 0) is 25.7 Å². The Kier molecular flexibility index (Phi) is 3.27. The molecular formula is C33H22N2. The second-order valence-electron chi connectivity index (χ2n) is 10.4. The standard InChI is InChI=1S/C33H22N2/c1-2-7-27-19(4-1)10-22-13-23-14-24-16-32-25(15-28(24)30(23)17-29(22)27)11-20-5-3-6-21-12-26-18-34-9-8-31(26)35(32)33(20)21/h1-9,13,15-18H,10-12,14H2. The second-order valence-corrected chi connectivity index (χ2v) is 10.4. The summed E-state index contributed by atoms with van der Waals surface area (Å²) in [5, 5.41) is 0. The van der Waals surface area contributed by atoms with Gasteiger partial charge in [0.15, 0.2) is 0 Å². The molecule has 1 aromatic heterocycles. The number of pyridine rings is 1. The molecule has 2 heteroatoms. The summed E-state index contributed by atoms with van der Waals surface area (Å²) in [6, 6.07) is 27.9. The molecule has 4 aromatic carbocycles. The summed E-state index contributed by atoms with van der Waals surface area (Å²) in [7, 11) is 0. The van der Waals surface area contributed by atoms with Gasteiger partial charge >= 0.3 is 0 Å². The molecule has 0 atom stereocenters. The van der Waals surface area contributed by atoms with E-state index in [1.165, 1.54) is 83.8 Å². The molecular weight excluding hydrogens is 424 g/mol. The molecule has 0 radical (unpaired) electrons. The Morgan fingerprint density at radius 1 is 0.486 bits per heavy atom. The van der Waals surface area contributed by atoms with E-state index in [0.717, 1.165) is 25.7 Å². The van der Waals surface area contributed by atoms with Crippen LogP contribution in [0.2, 0.25) is 0 Å². The zero-order chi connectivity index (χ0) is 22.7. The summed E-state index contributed by atoms with van der Waals surface area (Å²) in [6.07, 6.45) is 8.01. The van der Waals surface area contributed by atoms with Gasteiger partial charge in [-0.15, -0.1) is 0 Å². The van der Waals surface area contributed by atoms with Gasteiger partial charge < -0.3 is 4.90 Å². The molecule has 2 aliphatic heterocycles. The summed E-state index contributed by atoms with van der Waals surface area (Å²) in [4.78, 5) is 6.96. The van der Waals surface area contributed by atoms with E-state index in [0.29, 0.717) is 0 Å². The third-order valence-corrected chi connectivity index (χ3v) is 8.54. The second kappa shape index (κ2) is 6.28. The van der Waals surface area contributed by atoms with Gasteiger partial charge in [0.2, 0.25) is 0 Å². The van der Waals surface area contributed by atoms with Gasteiger partial charge in [-0.1, -0.05) is 48.5 Å². The fraction of sp³-hybridized carbons (Fsp3) is 0.121. The Morgan fingerprint density at radius 3 is 2.09 bits per heavy atom. The van der Waals surface area contributed by atoms with E-state index in [4.69, 9.17) is 0 Å². The summed E-state index contributed by atoms with van der Waals surface area (Å²) >= 11 is 0. The van der Waals surface area contributed by atoms with Gasteiger partial charge in [-0.2, -0.15) is 0 Å². The number of aromatic nitrogens is 1. The highest BCUT2D eigenvalue weighted by Crippen LogP contribution is 2.53. The van der Waals surface area contributed by atoms with Gasteiger partial charge in [0.1, 0.15) is 0 Å². The molecule has 5 aromatic rings. The van der Waals surface area contributed by atoms with Crippen LogP contribution in [0.25, 0.3) is 22.3 Å². The molecule has 0 unspecified atom stereocenters. The lowest BCUT2D eigenvalue weighted by Crippen LogP contribution is -2.24. The first-order valence-electron chi connectivity index (χ1n) is 12.6. The minimum absolute atomic E-state index is 0.960. The highest BCUT2D eigenvalue weighted by molar-refractivity contribution is 5.93. The molecule has 35 heavy (non-hydrogen) atoms. The fourth-order valence-corrected chi connectivity index (χ4v) is 7.03. The monoisotopic (exact) mass is 446 g/mol. The van der Waals surface area contributed by atoms with Crippen LogP contribution in [0, 0.1) is 0 Å². The third kappa shape index (κ3) is 2.32. The zero-order valence-corrected chi connectivity index (χ0v) is 19.3. The topological polar surface area (TPSA) is 16.1 Å². The van der Waals surface area contributed by atoms with E-state index < -0.39 is 0 Å². The predicted octanol–water partition coefficient (Wildman–Crippen LogP) is 7.50. The van der Waals surface area contributed by atoms with Crippen LogP contribution in [-0.4, -0.2) is 4.98 Å². The molecule has 2 aliphatic carbocycles. The summed E-state index contributed by atoms with van der Waals surface area (Å²) in [6.45, 7) is 0. The smallest absolute Gasteiger partial charge is 0.0532 e. The molecule has 0 spiro atoms. The SMILES string of the molecule is c1ccc2c(c1)Cc1cc3c(cc1-2)-c1cc2c(cc1C3)N1c3ccncc3Cc3cccc(c31)C2. The van der Waals surface area contributed by atoms with Gasteiger partial charge in [0.05, 0.1) is 17.1 Å². The maximum Gasteiger partial charge on any atom is 0.0532 e. The van der Waals surface area contributed by atoms with Gasteiger partial charge in [-0.05, 0) is 104 Å². The van der Waals surface area contributed by atoms with Gasteiger partial charge in [-0.3, -0.25) is 4.98 Å². The number of nitrogens with zero attached hydrogens (tertiary/aromatic N) is 2. The van der Waals surface area contributed by atoms with Crippen molar-refractivity contribution in [3.8, 4) is 22.3 Å². The molecule has 164 valence electrons. The van der Waals surface area contributed by atoms with E-state index in [1.807, 2.05) is 12.4 Å². The maximum absolute atomic E-state index is 4.44. The summed E-state index contributed by atoms with van der Waals surface area (Å²) < 4.78 is 0. The van der Waals surface area contributed by atoms with Gasteiger partial charge in [0, 0.05) is 25.2 Å². The molecule has 0 saturated carbocycles. The van der Waals surface area contributed by atoms with E-state index in [1.54, 1.807) is 0 Å². The predicted molar refractivity (Wildman–Crippen MR) is 141 cm³/mol. The van der Waals surface area contributed by atoms with E-state index in [2.05, 4.69) is 82.7 Å². The molecule has 0 bridgehead atoms. The summed E-state index contributed by atoms with van der Waals surface area (Å²) in [5.74, 6) is 0. The lowest BCUT2D eigenvalue weighted by Gasteiger charge is -2.39. The van der Waals surface area contributed by atoms with Crippen molar-refractivity contribution in [2.45, 2.75) is 25.7 Å². The average Bonchev–Trinajstić information content (AvgIpc) is 3.42. The van der Waals surface area contributed by atoms with Crippen LogP contribution in [0.3, 0.4) is 0 Å². The average molecular weight is 447 g/mol. The van der Waals surface area contributed by atoms with Gasteiger partial charge in [0.25, 0.3) is 0 Å². The first kappa shape index (κ1) is 18.2. The number of hydrogen-bond acceptors (Lipinski definition) is 2. The molecule has 9 rings (SSSR count). The molecule has 0 saturated heterocycles. The van der Waals surface area contributed by atoms with Crippen molar-refractivity contribution in [1.29, 1.82) is 0 Å². The highest BCUT2D eigenvalue weighted by atomic mass is 15.2. The number of anilines is 3. The van der Waals surface area contributed by atoms with Crippen molar-refractivity contribution in [2.24, 2.45) is 0 Å². The zero-order valence-electron chi connectivity index (χ0n) is 19.3. The molecule has 0 fully saturated rings. The van der Waals surface area contributed by atoms with Crippen molar-refractivity contribution >= 4 is 17.1 Å². The number of fused-ring (bicyclic) bond motifs is 10.